The summed E-state index contributed by atoms with van der Waals surface area (Å²) in [7, 11) is 1.35. The number of hydrogen-bond donors (Lipinski definition) is 0. The summed E-state index contributed by atoms with van der Waals surface area (Å²) < 4.78 is 10.3. The average molecular weight is 277 g/mol. The largest absolute Gasteiger partial charge is 0.465 e. The molecule has 0 heterocycles. The summed E-state index contributed by atoms with van der Waals surface area (Å²) >= 11 is 5.72. The minimum absolute atomic E-state index is 0.386. The number of alkyl halides is 1. The molecule has 2 aromatic rings. The van der Waals surface area contributed by atoms with Gasteiger partial charge in [-0.3, -0.25) is 0 Å². The number of benzene rings is 2. The highest BCUT2D eigenvalue weighted by Crippen LogP contribution is 2.23. The maximum atomic E-state index is 11.4. The molecule has 2 aromatic carbocycles. The van der Waals surface area contributed by atoms with Crippen LogP contribution in [0.1, 0.15) is 15.9 Å². The van der Waals surface area contributed by atoms with Crippen LogP contribution in [-0.2, 0) is 10.6 Å². The fourth-order valence-electron chi connectivity index (χ4n) is 1.59. The van der Waals surface area contributed by atoms with E-state index in [-0.39, 0.29) is 5.97 Å². The maximum Gasteiger partial charge on any atom is 0.337 e. The van der Waals surface area contributed by atoms with Gasteiger partial charge in [-0.2, -0.15) is 0 Å². The van der Waals surface area contributed by atoms with E-state index in [0.29, 0.717) is 22.9 Å². The predicted octanol–water partition coefficient (Wildman–Crippen LogP) is 4.00. The number of rotatable bonds is 4. The van der Waals surface area contributed by atoms with Crippen LogP contribution in [0.3, 0.4) is 0 Å². The molecule has 4 heteroatoms. The van der Waals surface area contributed by atoms with E-state index in [9.17, 15) is 4.79 Å². The number of carbonyl (C=O) groups is 1. The van der Waals surface area contributed by atoms with Crippen molar-refractivity contribution in [1.82, 2.24) is 0 Å². The third-order valence-corrected chi connectivity index (χ3v) is 2.88. The normalized spacial score (nSPS) is 10.0. The standard InChI is InChI=1S/C15H13ClO3/c1-18-15(17)12-3-2-4-14(9-12)19-13-7-5-11(10-16)6-8-13/h2-9H,10H2,1H3. The molecule has 2 rings (SSSR count). The summed E-state index contributed by atoms with van der Waals surface area (Å²) in [6.45, 7) is 0. The van der Waals surface area contributed by atoms with Gasteiger partial charge in [0, 0.05) is 5.88 Å². The van der Waals surface area contributed by atoms with Gasteiger partial charge in [-0.25, -0.2) is 4.79 Å². The molecule has 0 atom stereocenters. The molecule has 0 N–H and O–H groups in total. The third kappa shape index (κ3) is 3.48. The van der Waals surface area contributed by atoms with Gasteiger partial charge in [0.1, 0.15) is 11.5 Å². The molecule has 0 unspecified atom stereocenters. The van der Waals surface area contributed by atoms with Crippen molar-refractivity contribution in [3.8, 4) is 11.5 Å². The van der Waals surface area contributed by atoms with Crippen LogP contribution in [0.25, 0.3) is 0 Å². The second-order valence-corrected chi connectivity index (χ2v) is 4.17. The smallest absolute Gasteiger partial charge is 0.337 e. The Morgan fingerprint density at radius 1 is 1.11 bits per heavy atom. The summed E-state index contributed by atoms with van der Waals surface area (Å²) in [5.74, 6) is 1.36. The van der Waals surface area contributed by atoms with Crippen LogP contribution in [0, 0.1) is 0 Å². The molecule has 0 spiro atoms. The zero-order valence-electron chi connectivity index (χ0n) is 10.4. The topological polar surface area (TPSA) is 35.5 Å². The Morgan fingerprint density at radius 3 is 2.47 bits per heavy atom. The van der Waals surface area contributed by atoms with Crippen molar-refractivity contribution < 1.29 is 14.3 Å². The molecule has 0 aliphatic carbocycles. The van der Waals surface area contributed by atoms with E-state index < -0.39 is 0 Å². The van der Waals surface area contributed by atoms with Gasteiger partial charge in [0.2, 0.25) is 0 Å². The number of esters is 1. The Labute approximate surface area is 116 Å². The first-order chi connectivity index (χ1) is 9.22. The molecule has 0 aliphatic heterocycles. The second-order valence-electron chi connectivity index (χ2n) is 3.90. The summed E-state index contributed by atoms with van der Waals surface area (Å²) in [6, 6.07) is 14.3. The summed E-state index contributed by atoms with van der Waals surface area (Å²) in [5, 5.41) is 0. The first kappa shape index (κ1) is 13.4. The van der Waals surface area contributed by atoms with Crippen LogP contribution >= 0.6 is 11.6 Å². The third-order valence-electron chi connectivity index (χ3n) is 2.57. The Hall–Kier alpha value is -2.00. The highest BCUT2D eigenvalue weighted by Gasteiger charge is 2.06. The predicted molar refractivity (Wildman–Crippen MR) is 73.9 cm³/mol. The Morgan fingerprint density at radius 2 is 1.84 bits per heavy atom. The molecule has 0 radical (unpaired) electrons. The van der Waals surface area contributed by atoms with E-state index in [2.05, 4.69) is 4.74 Å². The molecule has 0 saturated heterocycles. The van der Waals surface area contributed by atoms with Gasteiger partial charge in [-0.15, -0.1) is 11.6 Å². The molecule has 19 heavy (non-hydrogen) atoms. The van der Waals surface area contributed by atoms with Gasteiger partial charge in [0.05, 0.1) is 12.7 Å². The Balaban J connectivity index is 2.16. The molecule has 0 amide bonds. The lowest BCUT2D eigenvalue weighted by molar-refractivity contribution is 0.0600. The highest BCUT2D eigenvalue weighted by molar-refractivity contribution is 6.17. The van der Waals surface area contributed by atoms with E-state index in [1.165, 1.54) is 7.11 Å². The van der Waals surface area contributed by atoms with E-state index in [0.717, 1.165) is 5.56 Å². The molecule has 98 valence electrons. The molecule has 0 fully saturated rings. The number of halogens is 1. The first-order valence-corrected chi connectivity index (χ1v) is 6.27. The minimum atomic E-state index is -0.386. The van der Waals surface area contributed by atoms with Crippen molar-refractivity contribution in [2.75, 3.05) is 7.11 Å². The lowest BCUT2D eigenvalue weighted by Gasteiger charge is -2.07. The zero-order valence-corrected chi connectivity index (χ0v) is 11.2. The van der Waals surface area contributed by atoms with Crippen molar-refractivity contribution >= 4 is 17.6 Å². The summed E-state index contributed by atoms with van der Waals surface area (Å²) in [5.41, 5.74) is 1.48. The number of ether oxygens (including phenoxy) is 2. The Kier molecular flexibility index (Phi) is 4.42. The lowest BCUT2D eigenvalue weighted by Crippen LogP contribution is -2.00. The average Bonchev–Trinajstić information content (AvgIpc) is 2.47. The van der Waals surface area contributed by atoms with Crippen LogP contribution in [0.5, 0.6) is 11.5 Å². The van der Waals surface area contributed by atoms with Gasteiger partial charge in [0.15, 0.2) is 0 Å². The number of methoxy groups -OCH3 is 1. The monoisotopic (exact) mass is 276 g/mol. The van der Waals surface area contributed by atoms with Crippen molar-refractivity contribution in [1.29, 1.82) is 0 Å². The highest BCUT2D eigenvalue weighted by atomic mass is 35.5. The molecule has 0 aromatic heterocycles. The van der Waals surface area contributed by atoms with Gasteiger partial charge < -0.3 is 9.47 Å². The van der Waals surface area contributed by atoms with Crippen LogP contribution < -0.4 is 4.74 Å². The van der Waals surface area contributed by atoms with Crippen LogP contribution in [-0.4, -0.2) is 13.1 Å². The van der Waals surface area contributed by atoms with Crippen molar-refractivity contribution in [3.05, 3.63) is 59.7 Å². The van der Waals surface area contributed by atoms with Gasteiger partial charge in [-0.05, 0) is 35.9 Å². The molecule has 0 bridgehead atoms. The molecule has 3 nitrogen and oxygen atoms in total. The fraction of sp³-hybridized carbons (Fsp3) is 0.133. The molecule has 0 aliphatic rings. The van der Waals surface area contributed by atoms with Crippen LogP contribution in [0.2, 0.25) is 0 Å². The van der Waals surface area contributed by atoms with Crippen LogP contribution in [0.4, 0.5) is 0 Å². The second kappa shape index (κ2) is 6.25. The van der Waals surface area contributed by atoms with E-state index >= 15 is 0 Å². The van der Waals surface area contributed by atoms with Gasteiger partial charge in [-0.1, -0.05) is 18.2 Å². The minimum Gasteiger partial charge on any atom is -0.465 e. The fourth-order valence-corrected chi connectivity index (χ4v) is 1.77. The maximum absolute atomic E-state index is 11.4. The van der Waals surface area contributed by atoms with Crippen molar-refractivity contribution in [2.24, 2.45) is 0 Å². The van der Waals surface area contributed by atoms with E-state index in [4.69, 9.17) is 16.3 Å². The molecular formula is C15H13ClO3. The Bertz CT molecular complexity index is 564. The van der Waals surface area contributed by atoms with Gasteiger partial charge in [0.25, 0.3) is 0 Å². The van der Waals surface area contributed by atoms with Crippen molar-refractivity contribution in [2.45, 2.75) is 5.88 Å². The van der Waals surface area contributed by atoms with Crippen LogP contribution in [0.15, 0.2) is 48.5 Å². The summed E-state index contributed by atoms with van der Waals surface area (Å²) in [4.78, 5) is 11.4. The number of carbonyl (C=O) groups excluding carboxylic acids is 1. The number of hydrogen-bond acceptors (Lipinski definition) is 3. The quantitative estimate of drug-likeness (QED) is 0.625. The first-order valence-electron chi connectivity index (χ1n) is 5.74. The van der Waals surface area contributed by atoms with E-state index in [1.54, 1.807) is 24.3 Å². The zero-order chi connectivity index (χ0) is 13.7. The molecule has 0 saturated carbocycles. The van der Waals surface area contributed by atoms with Crippen molar-refractivity contribution in [3.63, 3.8) is 0 Å². The van der Waals surface area contributed by atoms with E-state index in [1.807, 2.05) is 24.3 Å². The SMILES string of the molecule is COC(=O)c1cccc(Oc2ccc(CCl)cc2)c1. The summed E-state index contributed by atoms with van der Waals surface area (Å²) in [6.07, 6.45) is 0. The molecular weight excluding hydrogens is 264 g/mol. The van der Waals surface area contributed by atoms with Gasteiger partial charge >= 0.3 is 5.97 Å². The lowest BCUT2D eigenvalue weighted by atomic mass is 10.2.